The van der Waals surface area contributed by atoms with Crippen molar-refractivity contribution in [3.63, 3.8) is 0 Å². The molecule has 0 spiro atoms. The predicted octanol–water partition coefficient (Wildman–Crippen LogP) is 2.73. The summed E-state index contributed by atoms with van der Waals surface area (Å²) in [6.45, 7) is 6.57. The maximum Gasteiger partial charge on any atom is 0.410 e. The van der Waals surface area contributed by atoms with E-state index in [1.54, 1.807) is 13.0 Å². The number of rotatable bonds is 4. The number of amides is 3. The molecule has 3 amide bonds. The number of carbonyl (C=O) groups excluding carboxylic acids is 2. The van der Waals surface area contributed by atoms with E-state index in [0.29, 0.717) is 50.0 Å². The van der Waals surface area contributed by atoms with E-state index in [-0.39, 0.29) is 24.0 Å². The number of ether oxygens (including phenoxy) is 2. The van der Waals surface area contributed by atoms with Gasteiger partial charge in [0.2, 0.25) is 0 Å². The van der Waals surface area contributed by atoms with Crippen molar-refractivity contribution in [3.8, 4) is 11.4 Å². The number of fused-ring (bicyclic) bond motifs is 1. The Kier molecular flexibility index (Phi) is 6.59. The second kappa shape index (κ2) is 9.57. The van der Waals surface area contributed by atoms with Crippen LogP contribution < -0.4 is 15.5 Å². The Morgan fingerprint density at radius 3 is 2.82 bits per heavy atom. The number of benzene rings is 1. The molecule has 1 atom stereocenters. The summed E-state index contributed by atoms with van der Waals surface area (Å²) in [6, 6.07) is 4.02. The molecule has 0 bridgehead atoms. The molecule has 10 nitrogen and oxygen atoms in total. The highest BCUT2D eigenvalue weighted by Gasteiger charge is 2.33. The first-order valence-corrected chi connectivity index (χ1v) is 10.8. The van der Waals surface area contributed by atoms with Crippen LogP contribution in [0.25, 0.3) is 11.4 Å². The van der Waals surface area contributed by atoms with Gasteiger partial charge in [-0.15, -0.1) is 0 Å². The molecule has 1 aromatic heterocycles. The Morgan fingerprint density at radius 1 is 1.30 bits per heavy atom. The molecule has 2 aliphatic rings. The summed E-state index contributed by atoms with van der Waals surface area (Å²) in [7, 11) is 1.33. The number of nitrogens with zero attached hydrogens (tertiary/aromatic N) is 4. The third kappa shape index (κ3) is 4.68. The summed E-state index contributed by atoms with van der Waals surface area (Å²) in [5, 5.41) is 5.19. The van der Waals surface area contributed by atoms with Crippen LogP contribution in [0.5, 0.6) is 0 Å². The molecule has 3 heterocycles. The number of anilines is 2. The second-order valence-electron chi connectivity index (χ2n) is 7.92. The summed E-state index contributed by atoms with van der Waals surface area (Å²) in [4.78, 5) is 36.8. The minimum Gasteiger partial charge on any atom is -0.453 e. The van der Waals surface area contributed by atoms with Crippen LogP contribution in [0.1, 0.15) is 25.1 Å². The number of halogens is 1. The zero-order chi connectivity index (χ0) is 23.5. The lowest BCUT2D eigenvalue weighted by molar-refractivity contribution is 0.0983. The number of hydrogen-bond donors (Lipinski definition) is 2. The lowest BCUT2D eigenvalue weighted by Gasteiger charge is -2.35. The van der Waals surface area contributed by atoms with Gasteiger partial charge < -0.3 is 25.0 Å². The van der Waals surface area contributed by atoms with Crippen LogP contribution in [0.3, 0.4) is 0 Å². The second-order valence-corrected chi connectivity index (χ2v) is 7.92. The van der Waals surface area contributed by atoms with Crippen molar-refractivity contribution in [2.24, 2.45) is 0 Å². The van der Waals surface area contributed by atoms with E-state index in [1.807, 2.05) is 6.92 Å². The molecule has 2 N–H and O–H groups in total. The summed E-state index contributed by atoms with van der Waals surface area (Å²) in [5.41, 5.74) is 2.01. The fraction of sp³-hybridized carbons (Fsp3) is 0.455. The number of morpholine rings is 1. The summed E-state index contributed by atoms with van der Waals surface area (Å²) in [5.74, 6) is 0.324. The Morgan fingerprint density at radius 2 is 2.12 bits per heavy atom. The van der Waals surface area contributed by atoms with Crippen molar-refractivity contribution in [1.29, 1.82) is 0 Å². The average molecular weight is 458 g/mol. The monoisotopic (exact) mass is 458 g/mol. The highest BCUT2D eigenvalue weighted by molar-refractivity contribution is 5.89. The number of methoxy groups -OCH3 is 1. The van der Waals surface area contributed by atoms with E-state index in [9.17, 15) is 9.59 Å². The number of urea groups is 1. The average Bonchev–Trinajstić information content (AvgIpc) is 3.23. The van der Waals surface area contributed by atoms with Crippen molar-refractivity contribution < 1.29 is 23.5 Å². The molecule has 1 unspecified atom stereocenters. The van der Waals surface area contributed by atoms with E-state index in [0.717, 1.165) is 5.56 Å². The van der Waals surface area contributed by atoms with Gasteiger partial charge in [-0.2, -0.15) is 0 Å². The quantitative estimate of drug-likeness (QED) is 0.725. The molecule has 0 aliphatic carbocycles. The number of nitrogens with one attached hydrogen (secondary N) is 2. The first-order chi connectivity index (χ1) is 15.9. The van der Waals surface area contributed by atoms with Crippen LogP contribution in [0.15, 0.2) is 18.2 Å². The zero-order valence-corrected chi connectivity index (χ0v) is 18.9. The Labute approximate surface area is 191 Å². The minimum atomic E-state index is -0.562. The normalized spacial score (nSPS) is 17.5. The molecule has 1 aromatic carbocycles. The van der Waals surface area contributed by atoms with Crippen molar-refractivity contribution in [3.05, 3.63) is 35.3 Å². The topological polar surface area (TPSA) is 109 Å². The van der Waals surface area contributed by atoms with E-state index in [1.165, 1.54) is 24.1 Å². The standard InChI is InChI=1S/C22H27FN6O4/c1-4-24-21(30)25-14-5-6-15(17(23)9-14)19-26-18-11-28(22(31)32-3)10-16(18)20(27-19)29-7-8-33-12-13(29)2/h5-6,9,13H,4,7-8,10-12H2,1-3H3,(H2,24,25,30). The molecule has 11 heteroatoms. The van der Waals surface area contributed by atoms with Crippen molar-refractivity contribution in [2.75, 3.05) is 43.6 Å². The SMILES string of the molecule is CCNC(=O)Nc1ccc(-c2nc3c(c(N4CCOCC4C)n2)CN(C(=O)OC)C3)c(F)c1. The third-order valence-corrected chi connectivity index (χ3v) is 5.64. The van der Waals surface area contributed by atoms with Crippen molar-refractivity contribution in [2.45, 2.75) is 33.0 Å². The Bertz CT molecular complexity index is 1070. The molecule has 176 valence electrons. The van der Waals surface area contributed by atoms with Crippen LogP contribution >= 0.6 is 0 Å². The zero-order valence-electron chi connectivity index (χ0n) is 18.9. The molecule has 2 aliphatic heterocycles. The van der Waals surface area contributed by atoms with Crippen LogP contribution in [-0.2, 0) is 22.6 Å². The summed E-state index contributed by atoms with van der Waals surface area (Å²) < 4.78 is 25.5. The van der Waals surface area contributed by atoms with E-state index < -0.39 is 17.9 Å². The van der Waals surface area contributed by atoms with Gasteiger partial charge in [0.05, 0.1) is 50.7 Å². The molecule has 2 aromatic rings. The van der Waals surface area contributed by atoms with Gasteiger partial charge in [0, 0.05) is 24.3 Å². The van der Waals surface area contributed by atoms with Gasteiger partial charge in [-0.1, -0.05) is 0 Å². The van der Waals surface area contributed by atoms with Gasteiger partial charge >= 0.3 is 12.1 Å². The molecule has 1 saturated heterocycles. The molecule has 4 rings (SSSR count). The first-order valence-electron chi connectivity index (χ1n) is 10.8. The van der Waals surface area contributed by atoms with Crippen LogP contribution in [0.2, 0.25) is 0 Å². The number of aromatic nitrogens is 2. The summed E-state index contributed by atoms with van der Waals surface area (Å²) >= 11 is 0. The molecule has 0 radical (unpaired) electrons. The van der Waals surface area contributed by atoms with E-state index >= 15 is 4.39 Å². The van der Waals surface area contributed by atoms with Gasteiger partial charge in [0.1, 0.15) is 11.6 Å². The summed E-state index contributed by atoms with van der Waals surface area (Å²) in [6.07, 6.45) is -0.456. The van der Waals surface area contributed by atoms with Gasteiger partial charge in [0.15, 0.2) is 5.82 Å². The fourth-order valence-electron chi connectivity index (χ4n) is 4.01. The van der Waals surface area contributed by atoms with E-state index in [2.05, 4.69) is 20.5 Å². The van der Waals surface area contributed by atoms with Gasteiger partial charge in [-0.05, 0) is 32.0 Å². The lowest BCUT2D eigenvalue weighted by Crippen LogP contribution is -2.44. The minimum absolute atomic E-state index is 0.0614. The lowest BCUT2D eigenvalue weighted by atomic mass is 10.1. The van der Waals surface area contributed by atoms with Crippen molar-refractivity contribution in [1.82, 2.24) is 20.2 Å². The van der Waals surface area contributed by atoms with Crippen LogP contribution in [0.4, 0.5) is 25.5 Å². The van der Waals surface area contributed by atoms with Gasteiger partial charge in [-0.25, -0.2) is 23.9 Å². The maximum absolute atomic E-state index is 15.1. The van der Waals surface area contributed by atoms with Gasteiger partial charge in [-0.3, -0.25) is 4.90 Å². The first kappa shape index (κ1) is 22.7. The Hall–Kier alpha value is -3.47. The molecular weight excluding hydrogens is 431 g/mol. The number of carbonyl (C=O) groups is 2. The smallest absolute Gasteiger partial charge is 0.410 e. The fourth-order valence-corrected chi connectivity index (χ4v) is 4.01. The third-order valence-electron chi connectivity index (χ3n) is 5.64. The largest absolute Gasteiger partial charge is 0.453 e. The van der Waals surface area contributed by atoms with Crippen LogP contribution in [-0.4, -0.2) is 66.4 Å². The molecule has 33 heavy (non-hydrogen) atoms. The van der Waals surface area contributed by atoms with Gasteiger partial charge in [0.25, 0.3) is 0 Å². The molecular formula is C22H27FN6O4. The highest BCUT2D eigenvalue weighted by atomic mass is 19.1. The highest BCUT2D eigenvalue weighted by Crippen LogP contribution is 2.34. The maximum atomic E-state index is 15.1. The van der Waals surface area contributed by atoms with Crippen molar-refractivity contribution >= 4 is 23.6 Å². The van der Waals surface area contributed by atoms with E-state index in [4.69, 9.17) is 14.5 Å². The number of hydrogen-bond acceptors (Lipinski definition) is 7. The van der Waals surface area contributed by atoms with Crippen LogP contribution in [0, 0.1) is 5.82 Å². The predicted molar refractivity (Wildman–Crippen MR) is 119 cm³/mol. The molecule has 0 saturated carbocycles. The Balaban J connectivity index is 1.72. The molecule has 1 fully saturated rings.